The molecule has 5 heteroatoms. The van der Waals surface area contributed by atoms with Crippen LogP contribution in [0.1, 0.15) is 38.5 Å². The van der Waals surface area contributed by atoms with Crippen LogP contribution in [0.25, 0.3) is 0 Å². The Morgan fingerprint density at radius 2 is 1.94 bits per heavy atom. The third-order valence-corrected chi connectivity index (χ3v) is 3.72. The molecule has 2 aliphatic rings. The normalized spacial score (nSPS) is 28.3. The van der Waals surface area contributed by atoms with Crippen molar-refractivity contribution in [2.75, 3.05) is 6.54 Å². The van der Waals surface area contributed by atoms with Gasteiger partial charge in [-0.25, -0.2) is 4.79 Å². The van der Waals surface area contributed by atoms with Gasteiger partial charge < -0.3 is 15.7 Å². The predicted octanol–water partition coefficient (Wildman–Crippen LogP) is 0.333. The quantitative estimate of drug-likeness (QED) is 0.711. The first-order valence-corrected chi connectivity index (χ1v) is 5.87. The van der Waals surface area contributed by atoms with Crippen molar-refractivity contribution in [2.45, 2.75) is 50.1 Å². The highest BCUT2D eigenvalue weighted by Crippen LogP contribution is 2.33. The highest BCUT2D eigenvalue weighted by molar-refractivity contribution is 5.90. The standard InChI is InChI=1S/C11H18N2O3/c12-11(5-3-6-11)10(16)13-7-2-1-4-8(13)9(14)15/h8H,1-7,12H2,(H,14,15)/t8-/m0/s1. The molecular weight excluding hydrogens is 208 g/mol. The van der Waals surface area contributed by atoms with Gasteiger partial charge in [-0.05, 0) is 38.5 Å². The lowest BCUT2D eigenvalue weighted by atomic mass is 9.76. The Morgan fingerprint density at radius 1 is 1.25 bits per heavy atom. The highest BCUT2D eigenvalue weighted by Gasteiger charge is 2.46. The summed E-state index contributed by atoms with van der Waals surface area (Å²) in [7, 11) is 0. The van der Waals surface area contributed by atoms with E-state index in [-0.39, 0.29) is 5.91 Å². The number of carbonyl (C=O) groups is 2. The summed E-state index contributed by atoms with van der Waals surface area (Å²) in [6.07, 6.45) is 4.65. The number of hydrogen-bond acceptors (Lipinski definition) is 3. The minimum Gasteiger partial charge on any atom is -0.480 e. The molecule has 1 saturated heterocycles. The molecule has 0 aromatic rings. The van der Waals surface area contributed by atoms with Gasteiger partial charge in [-0.3, -0.25) is 4.79 Å². The Balaban J connectivity index is 2.10. The smallest absolute Gasteiger partial charge is 0.326 e. The Bertz CT molecular complexity index is 312. The number of nitrogens with zero attached hydrogens (tertiary/aromatic N) is 1. The highest BCUT2D eigenvalue weighted by atomic mass is 16.4. The van der Waals surface area contributed by atoms with E-state index in [1.165, 1.54) is 4.90 Å². The largest absolute Gasteiger partial charge is 0.480 e. The third kappa shape index (κ3) is 1.80. The Hall–Kier alpha value is -1.10. The van der Waals surface area contributed by atoms with Gasteiger partial charge in [-0.2, -0.15) is 0 Å². The van der Waals surface area contributed by atoms with Crippen LogP contribution in [0.5, 0.6) is 0 Å². The summed E-state index contributed by atoms with van der Waals surface area (Å²) in [4.78, 5) is 24.7. The number of aliphatic carboxylic acids is 1. The number of nitrogens with two attached hydrogens (primary N) is 1. The first-order chi connectivity index (χ1) is 7.54. The fourth-order valence-corrected chi connectivity index (χ4v) is 2.49. The van der Waals surface area contributed by atoms with Gasteiger partial charge in [0.25, 0.3) is 0 Å². The Kier molecular flexibility index (Phi) is 2.88. The van der Waals surface area contributed by atoms with Gasteiger partial charge in [0.15, 0.2) is 0 Å². The van der Waals surface area contributed by atoms with E-state index in [1.54, 1.807) is 0 Å². The molecule has 0 bridgehead atoms. The first-order valence-electron chi connectivity index (χ1n) is 5.87. The summed E-state index contributed by atoms with van der Waals surface area (Å²) >= 11 is 0. The molecule has 16 heavy (non-hydrogen) atoms. The van der Waals surface area contributed by atoms with Gasteiger partial charge in [0.1, 0.15) is 6.04 Å². The van der Waals surface area contributed by atoms with Gasteiger partial charge in [0.05, 0.1) is 5.54 Å². The summed E-state index contributed by atoms with van der Waals surface area (Å²) < 4.78 is 0. The van der Waals surface area contributed by atoms with Crippen molar-refractivity contribution in [2.24, 2.45) is 5.73 Å². The fourth-order valence-electron chi connectivity index (χ4n) is 2.49. The van der Waals surface area contributed by atoms with Crippen molar-refractivity contribution in [1.82, 2.24) is 4.90 Å². The molecule has 3 N–H and O–H groups in total. The number of rotatable bonds is 2. The van der Waals surface area contributed by atoms with E-state index in [4.69, 9.17) is 10.8 Å². The minimum absolute atomic E-state index is 0.161. The zero-order valence-corrected chi connectivity index (χ0v) is 9.32. The SMILES string of the molecule is NC1(C(=O)N2CCCC[C@H]2C(=O)O)CCC1. The third-order valence-electron chi connectivity index (χ3n) is 3.72. The van der Waals surface area contributed by atoms with Crippen molar-refractivity contribution in [1.29, 1.82) is 0 Å². The maximum absolute atomic E-state index is 12.2. The molecule has 90 valence electrons. The van der Waals surface area contributed by atoms with Crippen molar-refractivity contribution in [3.05, 3.63) is 0 Å². The van der Waals surface area contributed by atoms with E-state index in [2.05, 4.69) is 0 Å². The van der Waals surface area contributed by atoms with E-state index in [1.807, 2.05) is 0 Å². The van der Waals surface area contributed by atoms with Gasteiger partial charge >= 0.3 is 5.97 Å². The molecule has 0 spiro atoms. The van der Waals surface area contributed by atoms with Crippen LogP contribution in [0.4, 0.5) is 0 Å². The van der Waals surface area contributed by atoms with Crippen LogP contribution in [0.2, 0.25) is 0 Å². The maximum Gasteiger partial charge on any atom is 0.326 e. The summed E-state index contributed by atoms with van der Waals surface area (Å²) in [6.45, 7) is 0.536. The average molecular weight is 226 g/mol. The van der Waals surface area contributed by atoms with Gasteiger partial charge in [-0.15, -0.1) is 0 Å². The summed E-state index contributed by atoms with van der Waals surface area (Å²) in [5.41, 5.74) is 5.18. The molecule has 2 rings (SSSR count). The maximum atomic E-state index is 12.2. The van der Waals surface area contributed by atoms with Crippen molar-refractivity contribution >= 4 is 11.9 Å². The van der Waals surface area contributed by atoms with Gasteiger partial charge in [0.2, 0.25) is 5.91 Å². The average Bonchev–Trinajstić information content (AvgIpc) is 2.25. The molecule has 1 aliphatic heterocycles. The van der Waals surface area contributed by atoms with Crippen molar-refractivity contribution in [3.8, 4) is 0 Å². The van der Waals surface area contributed by atoms with Crippen LogP contribution in [0.3, 0.4) is 0 Å². The number of piperidine rings is 1. The minimum atomic E-state index is -0.907. The van der Waals surface area contributed by atoms with Gasteiger partial charge in [0, 0.05) is 6.54 Å². The van der Waals surface area contributed by atoms with E-state index in [0.717, 1.165) is 19.3 Å². The van der Waals surface area contributed by atoms with Crippen LogP contribution in [-0.2, 0) is 9.59 Å². The zero-order valence-electron chi connectivity index (χ0n) is 9.32. The van der Waals surface area contributed by atoms with E-state index in [9.17, 15) is 9.59 Å². The molecule has 0 aromatic heterocycles. The van der Waals surface area contributed by atoms with Crippen LogP contribution in [0, 0.1) is 0 Å². The van der Waals surface area contributed by atoms with Crippen molar-refractivity contribution in [3.63, 3.8) is 0 Å². The summed E-state index contributed by atoms with van der Waals surface area (Å²) in [6, 6.07) is -0.665. The monoisotopic (exact) mass is 226 g/mol. The molecule has 1 saturated carbocycles. The molecule has 1 aliphatic carbocycles. The lowest BCUT2D eigenvalue weighted by molar-refractivity contribution is -0.156. The second kappa shape index (κ2) is 4.05. The lowest BCUT2D eigenvalue weighted by Crippen LogP contribution is -2.63. The van der Waals surface area contributed by atoms with Crippen LogP contribution in [0.15, 0.2) is 0 Å². The van der Waals surface area contributed by atoms with Crippen LogP contribution < -0.4 is 5.73 Å². The molecule has 0 radical (unpaired) electrons. The number of hydrogen-bond donors (Lipinski definition) is 2. The molecule has 0 aromatic carbocycles. The van der Waals surface area contributed by atoms with Gasteiger partial charge in [-0.1, -0.05) is 0 Å². The van der Waals surface area contributed by atoms with E-state index < -0.39 is 17.6 Å². The fraction of sp³-hybridized carbons (Fsp3) is 0.818. The molecule has 1 heterocycles. The molecule has 0 unspecified atom stereocenters. The predicted molar refractivity (Wildman–Crippen MR) is 57.8 cm³/mol. The molecule has 2 fully saturated rings. The topological polar surface area (TPSA) is 83.6 Å². The Morgan fingerprint density at radius 3 is 2.44 bits per heavy atom. The van der Waals surface area contributed by atoms with Crippen molar-refractivity contribution < 1.29 is 14.7 Å². The molecule has 1 atom stereocenters. The second-order valence-corrected chi connectivity index (χ2v) is 4.86. The number of carbonyl (C=O) groups excluding carboxylic acids is 1. The second-order valence-electron chi connectivity index (χ2n) is 4.86. The number of amides is 1. The lowest BCUT2D eigenvalue weighted by Gasteiger charge is -2.43. The van der Waals surface area contributed by atoms with Crippen LogP contribution in [-0.4, -0.2) is 40.0 Å². The van der Waals surface area contributed by atoms with E-state index >= 15 is 0 Å². The number of carboxylic acid groups (broad SMARTS) is 1. The Labute approximate surface area is 94.6 Å². The zero-order chi connectivity index (χ0) is 11.8. The number of carboxylic acids is 1. The molecular formula is C11H18N2O3. The number of likely N-dealkylation sites (tertiary alicyclic amines) is 1. The van der Waals surface area contributed by atoms with Crippen LogP contribution >= 0.6 is 0 Å². The summed E-state index contributed by atoms with van der Waals surface area (Å²) in [5, 5.41) is 9.08. The molecule has 1 amide bonds. The first kappa shape index (κ1) is 11.4. The van der Waals surface area contributed by atoms with E-state index in [0.29, 0.717) is 25.8 Å². The molecule has 5 nitrogen and oxygen atoms in total. The summed E-state index contributed by atoms with van der Waals surface area (Å²) in [5.74, 6) is -1.07.